The minimum Gasteiger partial charge on any atom is -0.318 e. The number of para-hydroxylation sites is 1. The Morgan fingerprint density at radius 3 is 1.41 bits per heavy atom. The van der Waals surface area contributed by atoms with Gasteiger partial charge in [0.15, 0.2) is 0 Å². The largest absolute Gasteiger partial charge is 0.318 e. The second-order valence-corrected chi connectivity index (χ2v) is 41.5. The topological polar surface area (TPSA) is 51.6 Å². The van der Waals surface area contributed by atoms with Gasteiger partial charge in [-0.3, -0.25) is 4.98 Å². The van der Waals surface area contributed by atoms with E-state index in [9.17, 15) is 0 Å². The van der Waals surface area contributed by atoms with E-state index in [-0.39, 0.29) is 88.3 Å². The number of hydrogen-bond acceptors (Lipinski definition) is 7. The van der Waals surface area contributed by atoms with E-state index in [4.69, 9.17) is 9.97 Å². The first kappa shape index (κ1) is 88.3. The van der Waals surface area contributed by atoms with E-state index in [0.717, 1.165) is 60.6 Å². The second-order valence-electron chi connectivity index (χ2n) is 27.8. The number of thiophene rings is 3. The van der Waals surface area contributed by atoms with Crippen LogP contribution < -0.4 is 51.0 Å². The first-order chi connectivity index (χ1) is 54.3. The van der Waals surface area contributed by atoms with Crippen LogP contribution in [0.4, 0.5) is 0 Å². The van der Waals surface area contributed by atoms with Gasteiger partial charge in [0, 0.05) is 108 Å². The standard InChI is InChI=1S/C31H27NP.C27H19NP.C21H13NPS3.C21H23NP.4Ir/c1-21-12-14-23(3)30(16-21)33(31-17-22(2)13-15-24(31)4)28-11-7-10-26(18-28)29-19-25-8-5-6-9-27(25)20-32-29;1-3-11-24(12-4-1)29(25-13-5-2-6-14-25)26-17-15-21(16-18-26)27-19-22-9-7-8-10-23(22)20-28-27;1-2-6-16-15(5-1)11-12-22-21(16)17-9-10-20(26-17)23(18-7-3-13-24-18)19-8-4-14-25-19;1-15(2)23(16(3)4)19-10-7-9-18(14-19)21-13-12-17-8-5-6-11-20(17)22-21;;;;/h5-9,11-20H,1-4H3;1-15,17-20H;1-8,10-14H;5-8,10-16H,1-4H3;;;;/q4*-1;;;;. The van der Waals surface area contributed by atoms with Crippen LogP contribution in [0.1, 0.15) is 49.9 Å². The van der Waals surface area contributed by atoms with Gasteiger partial charge in [0.1, 0.15) is 0 Å². The Labute approximate surface area is 748 Å². The van der Waals surface area contributed by atoms with Crippen molar-refractivity contribution in [2.75, 3.05) is 0 Å². The molecule has 7 aromatic heterocycles. The van der Waals surface area contributed by atoms with Crippen LogP contribution in [0.3, 0.4) is 0 Å². The fraction of sp³-hybridized carbons (Fsp3) is 0.100. The summed E-state index contributed by atoms with van der Waals surface area (Å²) in [5.74, 6) is 0. The third-order valence-corrected chi connectivity index (χ3v) is 34.0. The molecule has 0 unspecified atom stereocenters. The molecular weight excluding hydrogens is 2250 g/mol. The fourth-order valence-corrected chi connectivity index (χ4v) is 29.0. The SMILES string of the molecule is CC(C)P(c1cc[c-]c(-c2ccc3ccccc3n2)c1)C(C)C.Cc1ccc(C)c(P(c2cc[c-]c(-c3cc4ccccc4cn3)c2)c2cc(C)ccc2C)c1.[Ir].[Ir].[Ir].[Ir].[c-]1cc(P(c2ccccc2)c2ccccc2)ccc1-c1cc2ccccc2cn1.[c-]1cc(P(c2cccs2)c2cccs2)sc1-c1nccc2ccccc12. The van der Waals surface area contributed by atoms with Crippen molar-refractivity contribution in [3.05, 3.63) is 385 Å². The maximum Gasteiger partial charge on any atom is 0.0595 e. The van der Waals surface area contributed by atoms with Crippen molar-refractivity contribution in [2.45, 2.75) is 66.7 Å². The minimum absolute atomic E-state index is 0. The molecule has 0 bridgehead atoms. The number of fused-ring (bicyclic) bond motifs is 4. The number of benzene rings is 11. The summed E-state index contributed by atoms with van der Waals surface area (Å²) < 4.78 is 4.26. The van der Waals surface area contributed by atoms with E-state index in [1.54, 1.807) is 0 Å². The normalized spacial score (nSPS) is 11.0. The molecule has 4 nitrogen and oxygen atoms in total. The zero-order chi connectivity index (χ0) is 76.2. The molecule has 18 aromatic rings. The molecule has 0 atom stereocenters. The van der Waals surface area contributed by atoms with Crippen LogP contribution in [0, 0.1) is 52.0 Å². The third-order valence-electron chi connectivity index (χ3n) is 19.3. The average Bonchev–Trinajstić information content (AvgIpc) is 1.48. The molecule has 0 fully saturated rings. The Hall–Kier alpha value is -7.52. The van der Waals surface area contributed by atoms with Crippen molar-refractivity contribution in [3.8, 4) is 44.3 Å². The summed E-state index contributed by atoms with van der Waals surface area (Å²) in [6.07, 6.45) is 5.79. The molecule has 0 aliphatic carbocycles. The first-order valence-corrected chi connectivity index (χ1v) is 45.4. The summed E-state index contributed by atoms with van der Waals surface area (Å²) in [6, 6.07) is 124. The Morgan fingerprint density at radius 2 is 0.852 bits per heavy atom. The summed E-state index contributed by atoms with van der Waals surface area (Å²) in [5, 5.41) is 22.3. The molecule has 0 N–H and O–H groups in total. The van der Waals surface area contributed by atoms with Gasteiger partial charge in [-0.1, -0.05) is 299 Å². The van der Waals surface area contributed by atoms with Crippen LogP contribution in [-0.4, -0.2) is 31.3 Å². The van der Waals surface area contributed by atoms with E-state index < -0.39 is 23.8 Å². The smallest absolute Gasteiger partial charge is 0.0595 e. The molecule has 0 saturated carbocycles. The molecule has 580 valence electrons. The molecule has 15 heteroatoms. The predicted molar refractivity (Wildman–Crippen MR) is 490 cm³/mol. The van der Waals surface area contributed by atoms with Gasteiger partial charge in [0.25, 0.3) is 0 Å². The maximum absolute atomic E-state index is 4.81. The Balaban J connectivity index is 0.000000150. The van der Waals surface area contributed by atoms with E-state index in [1.165, 1.54) is 100 Å². The number of hydrogen-bond donors (Lipinski definition) is 0. The molecule has 18 rings (SSSR count). The van der Waals surface area contributed by atoms with Crippen molar-refractivity contribution in [1.82, 2.24) is 19.9 Å². The van der Waals surface area contributed by atoms with Crippen LogP contribution in [0.15, 0.2) is 339 Å². The van der Waals surface area contributed by atoms with Gasteiger partial charge >= 0.3 is 0 Å². The summed E-state index contributed by atoms with van der Waals surface area (Å²) >= 11 is 5.52. The summed E-state index contributed by atoms with van der Waals surface area (Å²) in [5.41, 5.74) is 14.8. The van der Waals surface area contributed by atoms with Crippen molar-refractivity contribution < 1.29 is 80.4 Å². The van der Waals surface area contributed by atoms with Gasteiger partial charge in [-0.2, -0.15) is 12.1 Å². The quantitative estimate of drug-likeness (QED) is 0.0715. The molecule has 0 aliphatic heterocycles. The van der Waals surface area contributed by atoms with Gasteiger partial charge in [0.05, 0.1) is 5.52 Å². The Morgan fingerprint density at radius 1 is 0.339 bits per heavy atom. The average molecular weight is 2330 g/mol. The number of rotatable bonds is 16. The molecule has 115 heavy (non-hydrogen) atoms. The van der Waals surface area contributed by atoms with Crippen LogP contribution in [0.25, 0.3) is 87.6 Å². The van der Waals surface area contributed by atoms with Crippen LogP contribution in [-0.2, 0) is 80.4 Å². The Kier molecular flexibility index (Phi) is 32.4. The van der Waals surface area contributed by atoms with E-state index >= 15 is 0 Å². The maximum atomic E-state index is 4.81. The molecule has 0 saturated heterocycles. The molecule has 7 heterocycles. The van der Waals surface area contributed by atoms with Crippen LogP contribution in [0.5, 0.6) is 0 Å². The molecule has 0 amide bonds. The third kappa shape index (κ3) is 21.5. The summed E-state index contributed by atoms with van der Waals surface area (Å²) in [4.78, 5) is 20.0. The molecular formula is C100H82Ir4N4P4S3-4. The monoisotopic (exact) mass is 2330 g/mol. The van der Waals surface area contributed by atoms with E-state index in [0.29, 0.717) is 11.3 Å². The van der Waals surface area contributed by atoms with Crippen molar-refractivity contribution in [3.63, 3.8) is 0 Å². The number of pyridine rings is 4. The number of aryl methyl sites for hydroxylation is 4. The zero-order valence-corrected chi connectivity index (χ0v) is 80.2. The van der Waals surface area contributed by atoms with Crippen LogP contribution in [0.2, 0.25) is 0 Å². The molecule has 0 spiro atoms. The molecule has 11 aromatic carbocycles. The summed E-state index contributed by atoms with van der Waals surface area (Å²) in [7, 11) is -1.97. The van der Waals surface area contributed by atoms with Gasteiger partial charge < -0.3 is 15.0 Å². The Bertz CT molecular complexity index is 6030. The number of aromatic nitrogens is 4. The molecule has 4 radical (unpaired) electrons. The van der Waals surface area contributed by atoms with Crippen molar-refractivity contribution in [1.29, 1.82) is 0 Å². The van der Waals surface area contributed by atoms with E-state index in [2.05, 4.69) is 398 Å². The first-order valence-electron chi connectivity index (χ1n) is 37.3. The van der Waals surface area contributed by atoms with Gasteiger partial charge in [-0.25, -0.2) is 11.3 Å². The number of nitrogens with zero attached hydrogens (tertiary/aromatic N) is 4. The van der Waals surface area contributed by atoms with Gasteiger partial charge in [0.2, 0.25) is 0 Å². The minimum atomic E-state index is -0.709. The second kappa shape index (κ2) is 42.2. The molecule has 0 aliphatic rings. The predicted octanol–water partition coefficient (Wildman–Crippen LogP) is 23.4. The van der Waals surface area contributed by atoms with Crippen LogP contribution >= 0.6 is 65.7 Å². The fourth-order valence-electron chi connectivity index (χ4n) is 14.0. The van der Waals surface area contributed by atoms with Crippen molar-refractivity contribution in [2.24, 2.45) is 0 Å². The van der Waals surface area contributed by atoms with E-state index in [1.807, 2.05) is 64.7 Å². The van der Waals surface area contributed by atoms with Gasteiger partial charge in [-0.05, 0) is 183 Å². The van der Waals surface area contributed by atoms with Gasteiger partial charge in [-0.15, -0.1) is 117 Å². The van der Waals surface area contributed by atoms with Crippen molar-refractivity contribution >= 4 is 160 Å². The zero-order valence-electron chi connectivity index (χ0n) is 64.6. The summed E-state index contributed by atoms with van der Waals surface area (Å²) in [6.45, 7) is 18.1.